The number of nitrogens with one attached hydrogen (secondary N) is 2. The molecule has 0 amide bonds. The van der Waals surface area contributed by atoms with E-state index >= 15 is 0 Å². The average Bonchev–Trinajstić information content (AvgIpc) is 2.48. The Hall–Kier alpha value is -2.95. The van der Waals surface area contributed by atoms with E-state index in [0.717, 1.165) is 11.1 Å². The number of nitrogens with two attached hydrogens (primary N) is 2. The molecule has 2 rings (SSSR count). The first-order valence-corrected chi connectivity index (χ1v) is 6.44. The zero-order chi connectivity index (χ0) is 15.2. The van der Waals surface area contributed by atoms with Crippen molar-refractivity contribution in [3.63, 3.8) is 0 Å². The quantitative estimate of drug-likeness (QED) is 0.494. The summed E-state index contributed by atoms with van der Waals surface area (Å²) in [5, 5.41) is 14.7. The van der Waals surface area contributed by atoms with Crippen LogP contribution in [0.3, 0.4) is 0 Å². The molecule has 0 aliphatic rings. The highest BCUT2D eigenvalue weighted by Crippen LogP contribution is 2.06. The highest BCUT2D eigenvalue weighted by atomic mass is 14.7. The molecule has 0 aromatic heterocycles. The molecule has 5 heteroatoms. The predicted octanol–water partition coefficient (Wildman–Crippen LogP) is 1.87. The lowest BCUT2D eigenvalue weighted by molar-refractivity contribution is 1.08. The number of aliphatic imine (C=N–C) groups is 1. The Balaban J connectivity index is 1.98. The molecule has 2 aromatic carbocycles. The van der Waals surface area contributed by atoms with Crippen molar-refractivity contribution in [2.24, 2.45) is 16.5 Å². The van der Waals surface area contributed by atoms with E-state index in [0.29, 0.717) is 17.7 Å². The molecule has 0 radical (unpaired) electrons. The van der Waals surface area contributed by atoms with Crippen LogP contribution in [-0.4, -0.2) is 17.9 Å². The van der Waals surface area contributed by atoms with E-state index in [9.17, 15) is 0 Å². The van der Waals surface area contributed by atoms with Crippen molar-refractivity contribution < 1.29 is 0 Å². The predicted molar refractivity (Wildman–Crippen MR) is 86.2 cm³/mol. The van der Waals surface area contributed by atoms with Gasteiger partial charge in [-0.15, -0.1) is 0 Å². The Morgan fingerprint density at radius 3 is 1.81 bits per heavy atom. The third kappa shape index (κ3) is 4.01. The maximum atomic E-state index is 7.33. The lowest BCUT2D eigenvalue weighted by Gasteiger charge is -2.01. The van der Waals surface area contributed by atoms with Gasteiger partial charge < -0.3 is 11.5 Å². The molecule has 0 spiro atoms. The van der Waals surface area contributed by atoms with Gasteiger partial charge in [0.1, 0.15) is 11.7 Å². The molecule has 0 saturated carbocycles. The zero-order valence-corrected chi connectivity index (χ0v) is 11.5. The zero-order valence-electron chi connectivity index (χ0n) is 11.5. The van der Waals surface area contributed by atoms with Crippen molar-refractivity contribution in [1.29, 1.82) is 10.8 Å². The van der Waals surface area contributed by atoms with Crippen LogP contribution >= 0.6 is 0 Å². The summed E-state index contributed by atoms with van der Waals surface area (Å²) >= 11 is 0. The molecule has 0 aliphatic carbocycles. The van der Waals surface area contributed by atoms with Crippen LogP contribution in [0.2, 0.25) is 0 Å². The third-order valence-electron chi connectivity index (χ3n) is 3.00. The molecule has 21 heavy (non-hydrogen) atoms. The van der Waals surface area contributed by atoms with E-state index in [-0.39, 0.29) is 11.7 Å². The molecule has 5 nitrogen and oxygen atoms in total. The fraction of sp³-hybridized carbons (Fsp3) is 0.0625. The summed E-state index contributed by atoms with van der Waals surface area (Å²) in [5.74, 6) is 0.125. The molecule has 106 valence electrons. The van der Waals surface area contributed by atoms with Crippen molar-refractivity contribution in [1.82, 2.24) is 0 Å². The molecule has 0 aliphatic heterocycles. The van der Waals surface area contributed by atoms with Gasteiger partial charge in [-0.1, -0.05) is 48.5 Å². The Morgan fingerprint density at radius 2 is 1.33 bits per heavy atom. The summed E-state index contributed by atoms with van der Waals surface area (Å²) in [7, 11) is 0. The van der Waals surface area contributed by atoms with Gasteiger partial charge in [0.05, 0.1) is 6.54 Å². The Kier molecular flexibility index (Phi) is 4.46. The number of benzene rings is 2. The first-order valence-electron chi connectivity index (χ1n) is 6.44. The second kappa shape index (κ2) is 6.47. The Labute approximate surface area is 123 Å². The van der Waals surface area contributed by atoms with Crippen LogP contribution in [0.1, 0.15) is 22.3 Å². The van der Waals surface area contributed by atoms with E-state index in [1.165, 1.54) is 0 Å². The summed E-state index contributed by atoms with van der Waals surface area (Å²) < 4.78 is 0. The summed E-state index contributed by atoms with van der Waals surface area (Å²) in [6.45, 7) is 0.562. The topological polar surface area (TPSA) is 112 Å². The van der Waals surface area contributed by atoms with E-state index in [2.05, 4.69) is 4.99 Å². The fourth-order valence-corrected chi connectivity index (χ4v) is 1.79. The van der Waals surface area contributed by atoms with Crippen LogP contribution in [0.4, 0.5) is 0 Å². The highest BCUT2D eigenvalue weighted by Gasteiger charge is 1.97. The lowest BCUT2D eigenvalue weighted by Crippen LogP contribution is -2.10. The second-order valence-corrected chi connectivity index (χ2v) is 4.62. The molecule has 0 saturated heterocycles. The second-order valence-electron chi connectivity index (χ2n) is 4.62. The maximum Gasteiger partial charge on any atom is 0.122 e. The highest BCUT2D eigenvalue weighted by molar-refractivity contribution is 5.95. The van der Waals surface area contributed by atoms with E-state index in [1.807, 2.05) is 36.4 Å². The number of amidine groups is 2. The monoisotopic (exact) mass is 279 g/mol. The van der Waals surface area contributed by atoms with Gasteiger partial charge in [0.2, 0.25) is 0 Å². The minimum atomic E-state index is 0.0593. The fourth-order valence-electron chi connectivity index (χ4n) is 1.79. The molecule has 6 N–H and O–H groups in total. The van der Waals surface area contributed by atoms with Gasteiger partial charge in [-0.05, 0) is 11.1 Å². The van der Waals surface area contributed by atoms with Crippen LogP contribution in [0.5, 0.6) is 0 Å². The van der Waals surface area contributed by atoms with Crippen molar-refractivity contribution in [3.8, 4) is 0 Å². The van der Waals surface area contributed by atoms with Gasteiger partial charge in [0.15, 0.2) is 0 Å². The molecule has 0 fully saturated rings. The van der Waals surface area contributed by atoms with Crippen molar-refractivity contribution in [2.75, 3.05) is 0 Å². The number of rotatable bonds is 5. The van der Waals surface area contributed by atoms with Gasteiger partial charge in [-0.2, -0.15) is 0 Å². The molecule has 0 bridgehead atoms. The van der Waals surface area contributed by atoms with Gasteiger partial charge in [0.25, 0.3) is 0 Å². The minimum Gasteiger partial charge on any atom is -0.384 e. The lowest BCUT2D eigenvalue weighted by atomic mass is 10.1. The maximum absolute atomic E-state index is 7.33. The third-order valence-corrected chi connectivity index (χ3v) is 3.00. The minimum absolute atomic E-state index is 0.0593. The van der Waals surface area contributed by atoms with Crippen LogP contribution in [0.25, 0.3) is 0 Å². The number of hydrogen-bond donors (Lipinski definition) is 4. The molecular formula is C16H17N5. The van der Waals surface area contributed by atoms with Gasteiger partial charge in [-0.25, -0.2) is 0 Å². The van der Waals surface area contributed by atoms with Gasteiger partial charge >= 0.3 is 0 Å². The summed E-state index contributed by atoms with van der Waals surface area (Å²) in [4.78, 5) is 4.37. The number of nitrogen functional groups attached to an aromatic ring is 2. The van der Waals surface area contributed by atoms with E-state index < -0.39 is 0 Å². The molecule has 2 aromatic rings. The normalized spacial score (nSPS) is 10.7. The summed E-state index contributed by atoms with van der Waals surface area (Å²) in [5.41, 5.74) is 14.2. The van der Waals surface area contributed by atoms with Crippen molar-refractivity contribution in [2.45, 2.75) is 6.54 Å². The Bertz CT molecular complexity index is 669. The number of nitrogens with zero attached hydrogens (tertiary/aromatic N) is 1. The summed E-state index contributed by atoms with van der Waals surface area (Å²) in [6, 6.07) is 14.8. The van der Waals surface area contributed by atoms with Crippen LogP contribution in [0.15, 0.2) is 53.5 Å². The van der Waals surface area contributed by atoms with Crippen molar-refractivity contribution >= 4 is 17.9 Å². The first kappa shape index (κ1) is 14.5. The molecule has 0 atom stereocenters. The standard InChI is InChI=1S/C16H17N5/c17-15(18)13-5-1-11(2-6-13)9-21-10-12-3-7-14(8-4-12)16(19)20/h1-9H,10H2,(H3,17,18)(H3,19,20). The van der Waals surface area contributed by atoms with Crippen molar-refractivity contribution in [3.05, 3.63) is 70.8 Å². The molecule has 0 heterocycles. The Morgan fingerprint density at radius 1 is 0.857 bits per heavy atom. The average molecular weight is 279 g/mol. The smallest absolute Gasteiger partial charge is 0.122 e. The number of hydrogen-bond acceptors (Lipinski definition) is 3. The molecule has 0 unspecified atom stereocenters. The van der Waals surface area contributed by atoms with Crippen LogP contribution in [0, 0.1) is 10.8 Å². The largest absolute Gasteiger partial charge is 0.384 e. The van der Waals surface area contributed by atoms with E-state index in [1.54, 1.807) is 18.3 Å². The van der Waals surface area contributed by atoms with Crippen LogP contribution < -0.4 is 11.5 Å². The van der Waals surface area contributed by atoms with Gasteiger partial charge in [0, 0.05) is 17.3 Å². The summed E-state index contributed by atoms with van der Waals surface area (Å²) in [6.07, 6.45) is 1.78. The molecular weight excluding hydrogens is 262 g/mol. The first-order chi connectivity index (χ1) is 10.1. The van der Waals surface area contributed by atoms with Gasteiger partial charge in [-0.3, -0.25) is 15.8 Å². The van der Waals surface area contributed by atoms with E-state index in [4.69, 9.17) is 22.3 Å². The van der Waals surface area contributed by atoms with Crippen LogP contribution in [-0.2, 0) is 6.54 Å². The SMILES string of the molecule is N=C(N)c1ccc(C=NCc2ccc(C(=N)N)cc2)cc1.